The molecule has 0 amide bonds. The number of rotatable bonds is 8. The monoisotopic (exact) mass is 569 g/mol. The molecule has 29 heavy (non-hydrogen) atoms. The van der Waals surface area contributed by atoms with Gasteiger partial charge in [0.15, 0.2) is 5.96 Å². The van der Waals surface area contributed by atoms with Crippen molar-refractivity contribution in [1.82, 2.24) is 10.6 Å². The van der Waals surface area contributed by atoms with Crippen LogP contribution in [-0.2, 0) is 13.0 Å². The van der Waals surface area contributed by atoms with Crippen LogP contribution in [0.5, 0.6) is 0 Å². The molecule has 5 nitrogen and oxygen atoms in total. The van der Waals surface area contributed by atoms with E-state index in [9.17, 15) is 5.11 Å². The van der Waals surface area contributed by atoms with Gasteiger partial charge in [-0.05, 0) is 35.4 Å². The minimum absolute atomic E-state index is 0. The van der Waals surface area contributed by atoms with Crippen LogP contribution < -0.4 is 10.6 Å². The number of nitrogens with zero attached hydrogens (tertiary/aromatic N) is 1. The van der Waals surface area contributed by atoms with Crippen LogP contribution in [0, 0.1) is 0 Å². The predicted octanol–water partition coefficient (Wildman–Crippen LogP) is 4.67. The molecular formula is C22H25BrIN3O2. The Morgan fingerprint density at radius 1 is 1.00 bits per heavy atom. The maximum absolute atomic E-state index is 10.4. The molecule has 0 aliphatic heterocycles. The smallest absolute Gasteiger partial charge is 0.191 e. The highest BCUT2D eigenvalue weighted by Gasteiger charge is 2.08. The number of guanidine groups is 1. The fourth-order valence-corrected chi connectivity index (χ4v) is 2.94. The maximum atomic E-state index is 10.4. The van der Waals surface area contributed by atoms with Crippen molar-refractivity contribution in [2.24, 2.45) is 4.99 Å². The van der Waals surface area contributed by atoms with Crippen LogP contribution >= 0.6 is 39.9 Å². The zero-order valence-corrected chi connectivity index (χ0v) is 19.8. The van der Waals surface area contributed by atoms with Gasteiger partial charge < -0.3 is 20.2 Å². The van der Waals surface area contributed by atoms with Gasteiger partial charge in [0.1, 0.15) is 5.76 Å². The minimum Gasteiger partial charge on any atom is -0.469 e. The lowest BCUT2D eigenvalue weighted by atomic mass is 10.1. The first-order valence-corrected chi connectivity index (χ1v) is 10.0. The maximum Gasteiger partial charge on any atom is 0.191 e. The Hall–Kier alpha value is -1.84. The van der Waals surface area contributed by atoms with Gasteiger partial charge >= 0.3 is 0 Å². The lowest BCUT2D eigenvalue weighted by Gasteiger charge is -2.16. The van der Waals surface area contributed by atoms with E-state index in [1.54, 1.807) is 6.26 Å². The van der Waals surface area contributed by atoms with Crippen molar-refractivity contribution in [3.63, 3.8) is 0 Å². The van der Waals surface area contributed by atoms with E-state index in [2.05, 4.69) is 31.6 Å². The summed E-state index contributed by atoms with van der Waals surface area (Å²) in [5.74, 6) is 1.58. The number of nitrogens with one attached hydrogen (secondary N) is 2. The summed E-state index contributed by atoms with van der Waals surface area (Å²) in [6, 6.07) is 21.5. The summed E-state index contributed by atoms with van der Waals surface area (Å²) in [6.07, 6.45) is 1.82. The van der Waals surface area contributed by atoms with Gasteiger partial charge in [0.25, 0.3) is 0 Å². The predicted molar refractivity (Wildman–Crippen MR) is 131 cm³/mol. The number of hydrogen-bond donors (Lipinski definition) is 3. The van der Waals surface area contributed by atoms with Crippen molar-refractivity contribution in [2.45, 2.75) is 19.1 Å². The van der Waals surface area contributed by atoms with Crippen LogP contribution in [0.2, 0.25) is 0 Å². The molecule has 154 valence electrons. The molecule has 2 aromatic carbocycles. The Morgan fingerprint density at radius 2 is 1.76 bits per heavy atom. The number of aliphatic hydroxyl groups excluding tert-OH is 1. The highest BCUT2D eigenvalue weighted by Crippen LogP contribution is 2.12. The summed E-state index contributed by atoms with van der Waals surface area (Å²) >= 11 is 3.44. The molecule has 1 heterocycles. The summed E-state index contributed by atoms with van der Waals surface area (Å²) in [4.78, 5) is 4.65. The molecule has 0 fully saturated rings. The first kappa shape index (κ1) is 23.4. The highest BCUT2D eigenvalue weighted by molar-refractivity contribution is 14.0. The molecule has 0 saturated heterocycles. The van der Waals surface area contributed by atoms with Crippen molar-refractivity contribution in [3.8, 4) is 0 Å². The van der Waals surface area contributed by atoms with E-state index in [0.717, 1.165) is 27.8 Å². The van der Waals surface area contributed by atoms with E-state index in [-0.39, 0.29) is 24.0 Å². The molecule has 0 aliphatic carbocycles. The first-order chi connectivity index (χ1) is 13.7. The normalized spacial score (nSPS) is 12.1. The molecule has 1 unspecified atom stereocenters. The van der Waals surface area contributed by atoms with Gasteiger partial charge in [0.2, 0.25) is 0 Å². The molecule has 7 heteroatoms. The van der Waals surface area contributed by atoms with Gasteiger partial charge in [0.05, 0.1) is 18.9 Å². The Labute approximate surface area is 196 Å². The average molecular weight is 570 g/mol. The SMILES string of the molecule is I.OC(CNC(=NCc1ccc(Br)cc1)NCCc1ccco1)c1ccccc1. The summed E-state index contributed by atoms with van der Waals surface area (Å²) in [7, 11) is 0. The molecule has 1 atom stereocenters. The van der Waals surface area contributed by atoms with Crippen LogP contribution in [0.4, 0.5) is 0 Å². The van der Waals surface area contributed by atoms with Crippen molar-refractivity contribution in [1.29, 1.82) is 0 Å². The molecule has 1 aromatic heterocycles. The lowest BCUT2D eigenvalue weighted by molar-refractivity contribution is 0.181. The number of halogens is 2. The summed E-state index contributed by atoms with van der Waals surface area (Å²) in [5.41, 5.74) is 1.98. The second kappa shape index (κ2) is 12.7. The fourth-order valence-electron chi connectivity index (χ4n) is 2.68. The molecule has 3 N–H and O–H groups in total. The highest BCUT2D eigenvalue weighted by atomic mass is 127. The van der Waals surface area contributed by atoms with Gasteiger partial charge in [0, 0.05) is 24.0 Å². The minimum atomic E-state index is -0.606. The number of hydrogen-bond acceptors (Lipinski definition) is 3. The third-order valence-electron chi connectivity index (χ3n) is 4.22. The van der Waals surface area contributed by atoms with Crippen LogP contribution in [0.15, 0.2) is 86.9 Å². The molecule has 3 aromatic rings. The average Bonchev–Trinajstić information content (AvgIpc) is 3.25. The molecule has 0 bridgehead atoms. The van der Waals surface area contributed by atoms with E-state index in [0.29, 0.717) is 25.6 Å². The van der Waals surface area contributed by atoms with Gasteiger partial charge in [-0.3, -0.25) is 0 Å². The van der Waals surface area contributed by atoms with E-state index in [1.165, 1.54) is 0 Å². The molecular weight excluding hydrogens is 545 g/mol. The van der Waals surface area contributed by atoms with Gasteiger partial charge in [-0.15, -0.1) is 24.0 Å². The van der Waals surface area contributed by atoms with Crippen molar-refractivity contribution >= 4 is 45.9 Å². The zero-order valence-electron chi connectivity index (χ0n) is 15.9. The molecule has 3 rings (SSSR count). The van der Waals surface area contributed by atoms with E-state index in [1.807, 2.05) is 66.7 Å². The molecule has 0 aliphatic rings. The van der Waals surface area contributed by atoms with Crippen LogP contribution in [0.3, 0.4) is 0 Å². The molecule has 0 radical (unpaired) electrons. The number of furan rings is 1. The van der Waals surface area contributed by atoms with Gasteiger partial charge in [-0.2, -0.15) is 0 Å². The zero-order chi connectivity index (χ0) is 19.6. The van der Waals surface area contributed by atoms with Crippen molar-refractivity contribution < 1.29 is 9.52 Å². The quantitative estimate of drug-likeness (QED) is 0.209. The number of benzene rings is 2. The van der Waals surface area contributed by atoms with Crippen molar-refractivity contribution in [3.05, 3.63) is 94.4 Å². The fraction of sp³-hybridized carbons (Fsp3) is 0.227. The third-order valence-corrected chi connectivity index (χ3v) is 4.75. The van der Waals surface area contributed by atoms with Crippen LogP contribution in [0.1, 0.15) is 23.0 Å². The number of aliphatic hydroxyl groups is 1. The van der Waals surface area contributed by atoms with Crippen LogP contribution in [-0.4, -0.2) is 24.2 Å². The largest absolute Gasteiger partial charge is 0.469 e. The summed E-state index contributed by atoms with van der Waals surface area (Å²) in [6.45, 7) is 1.60. The van der Waals surface area contributed by atoms with E-state index < -0.39 is 6.10 Å². The lowest BCUT2D eigenvalue weighted by Crippen LogP contribution is -2.40. The van der Waals surface area contributed by atoms with Crippen LogP contribution in [0.25, 0.3) is 0 Å². The topological polar surface area (TPSA) is 69.8 Å². The Kier molecular flexibility index (Phi) is 10.2. The molecule has 0 spiro atoms. The summed E-state index contributed by atoms with van der Waals surface area (Å²) < 4.78 is 6.41. The van der Waals surface area contributed by atoms with E-state index in [4.69, 9.17) is 4.42 Å². The third kappa shape index (κ3) is 8.20. The molecule has 0 saturated carbocycles. The standard InChI is InChI=1S/C22H24BrN3O2.HI/c23-19-10-8-17(9-11-19)15-25-22(24-13-12-20-7-4-14-28-20)26-16-21(27)18-5-2-1-3-6-18;/h1-11,14,21,27H,12-13,15-16H2,(H2,24,25,26);1H. The second-order valence-corrected chi connectivity index (χ2v) is 7.27. The first-order valence-electron chi connectivity index (χ1n) is 9.23. The summed E-state index contributed by atoms with van der Waals surface area (Å²) in [5, 5.41) is 16.9. The Morgan fingerprint density at radius 3 is 2.45 bits per heavy atom. The van der Waals surface area contributed by atoms with Crippen molar-refractivity contribution in [2.75, 3.05) is 13.1 Å². The van der Waals surface area contributed by atoms with Gasteiger partial charge in [-0.1, -0.05) is 58.4 Å². The number of aliphatic imine (C=N–C) groups is 1. The Bertz CT molecular complexity index is 856. The van der Waals surface area contributed by atoms with E-state index >= 15 is 0 Å². The Balaban J connectivity index is 0.00000300. The second-order valence-electron chi connectivity index (χ2n) is 6.35. The van der Waals surface area contributed by atoms with Gasteiger partial charge in [-0.25, -0.2) is 4.99 Å².